The second kappa shape index (κ2) is 7.59. The zero-order valence-electron chi connectivity index (χ0n) is 12.6. The van der Waals surface area contributed by atoms with Crippen LogP contribution < -0.4 is 10.9 Å². The highest BCUT2D eigenvalue weighted by Gasteiger charge is 2.15. The van der Waals surface area contributed by atoms with Gasteiger partial charge in [0.05, 0.1) is 6.61 Å². The normalized spacial score (nSPS) is 12.4. The minimum Gasteiger partial charge on any atom is -0.449 e. The standard InChI is InChI=1S/C16H20N2O4/c1-2-22-16(21)18-17-15(20)9-8-14(19)13-7-6-11-4-3-5-12(11)10-13/h6-7,10H,2-5,8-9H2,1H3,(H,17,20)(H,18,21). The van der Waals surface area contributed by atoms with Crippen molar-refractivity contribution in [3.63, 3.8) is 0 Å². The van der Waals surface area contributed by atoms with Gasteiger partial charge in [-0.3, -0.25) is 15.0 Å². The molecule has 0 saturated heterocycles. The quantitative estimate of drug-likeness (QED) is 0.643. The molecule has 0 fully saturated rings. The lowest BCUT2D eigenvalue weighted by Crippen LogP contribution is -2.41. The Balaban J connectivity index is 1.77. The van der Waals surface area contributed by atoms with Crippen LogP contribution in [0.25, 0.3) is 0 Å². The molecule has 2 N–H and O–H groups in total. The minimum absolute atomic E-state index is 0.0162. The lowest BCUT2D eigenvalue weighted by atomic mass is 10.0. The number of fused-ring (bicyclic) bond motifs is 1. The van der Waals surface area contributed by atoms with Gasteiger partial charge in [-0.2, -0.15) is 0 Å². The molecule has 0 spiro atoms. The molecule has 0 aliphatic heterocycles. The van der Waals surface area contributed by atoms with Crippen LogP contribution in [0.5, 0.6) is 0 Å². The summed E-state index contributed by atoms with van der Waals surface area (Å²) in [6.45, 7) is 1.88. The van der Waals surface area contributed by atoms with Crippen LogP contribution in [0.2, 0.25) is 0 Å². The maximum atomic E-state index is 12.1. The Bertz CT molecular complexity index is 584. The molecule has 0 aromatic heterocycles. The maximum absolute atomic E-state index is 12.1. The van der Waals surface area contributed by atoms with E-state index in [4.69, 9.17) is 0 Å². The van der Waals surface area contributed by atoms with E-state index >= 15 is 0 Å². The van der Waals surface area contributed by atoms with Crippen molar-refractivity contribution in [2.75, 3.05) is 6.61 Å². The number of ketones is 1. The average molecular weight is 304 g/mol. The van der Waals surface area contributed by atoms with Crippen LogP contribution in [0.15, 0.2) is 18.2 Å². The summed E-state index contributed by atoms with van der Waals surface area (Å²) in [5, 5.41) is 0. The van der Waals surface area contributed by atoms with Gasteiger partial charge in [0.15, 0.2) is 5.78 Å². The summed E-state index contributed by atoms with van der Waals surface area (Å²) in [6.07, 6.45) is 2.62. The van der Waals surface area contributed by atoms with E-state index in [0.717, 1.165) is 19.3 Å². The molecule has 0 radical (unpaired) electrons. The maximum Gasteiger partial charge on any atom is 0.426 e. The number of amides is 2. The van der Waals surface area contributed by atoms with Crippen LogP contribution in [0.4, 0.5) is 4.79 Å². The van der Waals surface area contributed by atoms with Gasteiger partial charge in [-0.1, -0.05) is 12.1 Å². The third kappa shape index (κ3) is 4.31. The van der Waals surface area contributed by atoms with Gasteiger partial charge in [-0.05, 0) is 43.4 Å². The van der Waals surface area contributed by atoms with E-state index < -0.39 is 12.0 Å². The van der Waals surface area contributed by atoms with Crippen molar-refractivity contribution in [3.05, 3.63) is 34.9 Å². The van der Waals surface area contributed by atoms with Crippen molar-refractivity contribution in [2.45, 2.75) is 39.0 Å². The summed E-state index contributed by atoms with van der Waals surface area (Å²) in [7, 11) is 0. The van der Waals surface area contributed by atoms with Gasteiger partial charge in [-0.15, -0.1) is 0 Å². The van der Waals surface area contributed by atoms with Crippen LogP contribution >= 0.6 is 0 Å². The second-order valence-corrected chi connectivity index (χ2v) is 5.15. The smallest absolute Gasteiger partial charge is 0.426 e. The number of carbonyl (C=O) groups is 3. The molecule has 0 unspecified atom stereocenters. The summed E-state index contributed by atoms with van der Waals surface area (Å²) in [4.78, 5) is 34.6. The summed E-state index contributed by atoms with van der Waals surface area (Å²) >= 11 is 0. The Morgan fingerprint density at radius 2 is 1.86 bits per heavy atom. The highest BCUT2D eigenvalue weighted by molar-refractivity contribution is 5.98. The molecule has 2 amide bonds. The van der Waals surface area contributed by atoms with Crippen molar-refractivity contribution in [1.29, 1.82) is 0 Å². The molecule has 1 aromatic carbocycles. The first-order valence-electron chi connectivity index (χ1n) is 7.46. The lowest BCUT2D eigenvalue weighted by molar-refractivity contribution is -0.121. The van der Waals surface area contributed by atoms with Crippen molar-refractivity contribution in [1.82, 2.24) is 10.9 Å². The fourth-order valence-corrected chi connectivity index (χ4v) is 2.47. The number of hydrogen-bond acceptors (Lipinski definition) is 4. The number of aryl methyl sites for hydroxylation is 2. The Morgan fingerprint density at radius 3 is 2.64 bits per heavy atom. The zero-order chi connectivity index (χ0) is 15.9. The van der Waals surface area contributed by atoms with Gasteiger partial charge >= 0.3 is 6.09 Å². The molecule has 2 rings (SSSR count). The first-order chi connectivity index (χ1) is 10.6. The van der Waals surface area contributed by atoms with E-state index in [0.29, 0.717) is 5.56 Å². The number of rotatable bonds is 5. The van der Waals surface area contributed by atoms with Gasteiger partial charge in [0.1, 0.15) is 0 Å². The molecule has 118 valence electrons. The van der Waals surface area contributed by atoms with E-state index in [1.807, 2.05) is 18.2 Å². The fourth-order valence-electron chi connectivity index (χ4n) is 2.47. The molecular formula is C16H20N2O4. The lowest BCUT2D eigenvalue weighted by Gasteiger charge is -2.07. The van der Waals surface area contributed by atoms with Gasteiger partial charge in [-0.25, -0.2) is 10.2 Å². The van der Waals surface area contributed by atoms with Crippen molar-refractivity contribution in [3.8, 4) is 0 Å². The molecule has 0 saturated carbocycles. The number of Topliss-reactive ketones (excluding diaryl/α,β-unsaturated/α-hetero) is 1. The Labute approximate surface area is 129 Å². The Kier molecular flexibility index (Phi) is 5.52. The highest BCUT2D eigenvalue weighted by Crippen LogP contribution is 2.23. The Morgan fingerprint density at radius 1 is 1.09 bits per heavy atom. The molecule has 1 aromatic rings. The van der Waals surface area contributed by atoms with E-state index in [9.17, 15) is 14.4 Å². The van der Waals surface area contributed by atoms with E-state index in [-0.39, 0.29) is 25.2 Å². The topological polar surface area (TPSA) is 84.5 Å². The third-order valence-corrected chi connectivity index (χ3v) is 3.58. The van der Waals surface area contributed by atoms with Gasteiger partial charge in [0.25, 0.3) is 0 Å². The van der Waals surface area contributed by atoms with Gasteiger partial charge < -0.3 is 4.74 Å². The number of ether oxygens (including phenoxy) is 1. The van der Waals surface area contributed by atoms with Crippen LogP contribution in [-0.4, -0.2) is 24.4 Å². The van der Waals surface area contributed by atoms with Crippen molar-refractivity contribution < 1.29 is 19.1 Å². The number of hydrogen-bond donors (Lipinski definition) is 2. The molecule has 1 aliphatic rings. The molecular weight excluding hydrogens is 284 g/mol. The summed E-state index contributed by atoms with van der Waals surface area (Å²) in [6, 6.07) is 5.75. The van der Waals surface area contributed by atoms with Gasteiger partial charge in [0.2, 0.25) is 5.91 Å². The van der Waals surface area contributed by atoms with Crippen molar-refractivity contribution >= 4 is 17.8 Å². The molecule has 0 heterocycles. The second-order valence-electron chi connectivity index (χ2n) is 5.15. The molecule has 1 aliphatic carbocycles. The van der Waals surface area contributed by atoms with Crippen LogP contribution in [-0.2, 0) is 22.4 Å². The van der Waals surface area contributed by atoms with E-state index in [1.165, 1.54) is 11.1 Å². The van der Waals surface area contributed by atoms with Crippen molar-refractivity contribution in [2.24, 2.45) is 0 Å². The number of hydrazine groups is 1. The van der Waals surface area contributed by atoms with E-state index in [2.05, 4.69) is 15.6 Å². The predicted molar refractivity (Wildman–Crippen MR) is 80.3 cm³/mol. The van der Waals surface area contributed by atoms with Crippen LogP contribution in [0, 0.1) is 0 Å². The number of nitrogens with one attached hydrogen (secondary N) is 2. The summed E-state index contributed by atoms with van der Waals surface area (Å²) < 4.78 is 4.60. The zero-order valence-corrected chi connectivity index (χ0v) is 12.6. The first kappa shape index (κ1) is 16.0. The summed E-state index contributed by atoms with van der Waals surface area (Å²) in [5.74, 6) is -0.497. The highest BCUT2D eigenvalue weighted by atomic mass is 16.5. The Hall–Kier alpha value is -2.37. The van der Waals surface area contributed by atoms with Crippen LogP contribution in [0.3, 0.4) is 0 Å². The van der Waals surface area contributed by atoms with Gasteiger partial charge in [0, 0.05) is 18.4 Å². The predicted octanol–water partition coefficient (Wildman–Crippen LogP) is 1.92. The van der Waals surface area contributed by atoms with E-state index in [1.54, 1.807) is 6.92 Å². The molecule has 6 heteroatoms. The SMILES string of the molecule is CCOC(=O)NNC(=O)CCC(=O)c1ccc2c(c1)CCC2. The number of benzene rings is 1. The third-order valence-electron chi connectivity index (χ3n) is 3.58. The summed E-state index contributed by atoms with van der Waals surface area (Å²) in [5.41, 5.74) is 7.50. The minimum atomic E-state index is -0.721. The molecule has 6 nitrogen and oxygen atoms in total. The monoisotopic (exact) mass is 304 g/mol. The fraction of sp³-hybridized carbons (Fsp3) is 0.438. The largest absolute Gasteiger partial charge is 0.449 e. The average Bonchev–Trinajstić information content (AvgIpc) is 2.98. The first-order valence-corrected chi connectivity index (χ1v) is 7.46. The number of carbonyl (C=O) groups excluding carboxylic acids is 3. The molecule has 22 heavy (non-hydrogen) atoms. The molecule has 0 bridgehead atoms. The van der Waals surface area contributed by atoms with Crippen LogP contribution in [0.1, 0.15) is 47.7 Å². The molecule has 0 atom stereocenters.